The van der Waals surface area contributed by atoms with Crippen LogP contribution in [0.4, 0.5) is 5.69 Å². The van der Waals surface area contributed by atoms with Crippen molar-refractivity contribution in [3.8, 4) is 5.75 Å². The number of phenols is 1. The molecule has 0 saturated heterocycles. The van der Waals surface area contributed by atoms with Crippen LogP contribution in [0.3, 0.4) is 0 Å². The van der Waals surface area contributed by atoms with E-state index in [1.807, 2.05) is 52.8 Å². The van der Waals surface area contributed by atoms with Crippen LogP contribution in [-0.4, -0.2) is 15.2 Å². The Labute approximate surface area is 158 Å². The molecule has 0 aromatic heterocycles. The number of nitrogens with one attached hydrogen (secondary N) is 1. The standard InChI is InChI=1S/C21H27NO3S/c1-6-7-20(24)22-16-10-14(4)21(15(5)11-16)26(25)17-8-9-19(23)18(12-17)13(2)3/h8-13,23H,6-7H2,1-5H3,(H,22,24). The summed E-state index contributed by atoms with van der Waals surface area (Å²) in [7, 11) is -1.35. The highest BCUT2D eigenvalue weighted by Gasteiger charge is 2.17. The van der Waals surface area contributed by atoms with E-state index < -0.39 is 10.8 Å². The Kier molecular flexibility index (Phi) is 6.59. The van der Waals surface area contributed by atoms with Crippen LogP contribution in [0.15, 0.2) is 40.1 Å². The van der Waals surface area contributed by atoms with Crippen LogP contribution >= 0.6 is 0 Å². The number of benzene rings is 2. The molecule has 0 heterocycles. The maximum Gasteiger partial charge on any atom is 0.224 e. The normalized spacial score (nSPS) is 12.2. The molecule has 1 amide bonds. The van der Waals surface area contributed by atoms with Crippen LogP contribution in [0.5, 0.6) is 5.75 Å². The second-order valence-corrected chi connectivity index (χ2v) is 8.30. The fourth-order valence-corrected chi connectivity index (χ4v) is 4.36. The summed E-state index contributed by atoms with van der Waals surface area (Å²) in [6, 6.07) is 8.83. The number of hydrogen-bond acceptors (Lipinski definition) is 3. The maximum absolute atomic E-state index is 13.2. The first kappa shape index (κ1) is 20.2. The molecule has 0 fully saturated rings. The fraction of sp³-hybridized carbons (Fsp3) is 0.381. The second kappa shape index (κ2) is 8.49. The molecular formula is C21H27NO3S. The van der Waals surface area contributed by atoms with E-state index in [1.165, 1.54) is 0 Å². The number of amides is 1. The molecule has 2 rings (SSSR count). The molecule has 2 aromatic carbocycles. The quantitative estimate of drug-likeness (QED) is 0.745. The lowest BCUT2D eigenvalue weighted by Crippen LogP contribution is -2.11. The lowest BCUT2D eigenvalue weighted by molar-refractivity contribution is -0.116. The summed E-state index contributed by atoms with van der Waals surface area (Å²) in [4.78, 5) is 13.2. The predicted molar refractivity (Wildman–Crippen MR) is 106 cm³/mol. The van der Waals surface area contributed by atoms with Crippen molar-refractivity contribution in [2.75, 3.05) is 5.32 Å². The molecule has 1 atom stereocenters. The molecule has 0 radical (unpaired) electrons. The largest absolute Gasteiger partial charge is 0.508 e. The number of aryl methyl sites for hydroxylation is 2. The molecule has 0 saturated carbocycles. The van der Waals surface area contributed by atoms with Gasteiger partial charge in [-0.05, 0) is 73.2 Å². The highest BCUT2D eigenvalue weighted by Crippen LogP contribution is 2.31. The molecule has 4 nitrogen and oxygen atoms in total. The van der Waals surface area contributed by atoms with Gasteiger partial charge in [0.15, 0.2) is 0 Å². The number of hydrogen-bond donors (Lipinski definition) is 2. The van der Waals surface area contributed by atoms with E-state index in [9.17, 15) is 14.1 Å². The average Bonchev–Trinajstić information content (AvgIpc) is 2.54. The summed E-state index contributed by atoms with van der Waals surface area (Å²) in [5.74, 6) is 0.355. The van der Waals surface area contributed by atoms with Crippen molar-refractivity contribution in [1.29, 1.82) is 0 Å². The van der Waals surface area contributed by atoms with Crippen LogP contribution in [0.1, 0.15) is 56.2 Å². The molecular weight excluding hydrogens is 346 g/mol. The lowest BCUT2D eigenvalue weighted by atomic mass is 10.0. The predicted octanol–water partition coefficient (Wildman–Crippen LogP) is 5.04. The summed E-state index contributed by atoms with van der Waals surface area (Å²) in [5.41, 5.74) is 3.26. The van der Waals surface area contributed by atoms with Crippen LogP contribution in [0.25, 0.3) is 0 Å². The third-order valence-corrected chi connectivity index (χ3v) is 5.94. The lowest BCUT2D eigenvalue weighted by Gasteiger charge is -2.15. The summed E-state index contributed by atoms with van der Waals surface area (Å²) in [6.07, 6.45) is 1.28. The van der Waals surface area contributed by atoms with Gasteiger partial charge in [-0.1, -0.05) is 20.8 Å². The van der Waals surface area contributed by atoms with Crippen LogP contribution in [-0.2, 0) is 15.6 Å². The van der Waals surface area contributed by atoms with Gasteiger partial charge in [-0.25, -0.2) is 4.21 Å². The Balaban J connectivity index is 2.38. The summed E-state index contributed by atoms with van der Waals surface area (Å²) in [5, 5.41) is 12.9. The zero-order valence-electron chi connectivity index (χ0n) is 16.1. The molecule has 0 spiro atoms. The Morgan fingerprint density at radius 2 is 1.77 bits per heavy atom. The monoisotopic (exact) mass is 373 g/mol. The fourth-order valence-electron chi connectivity index (χ4n) is 2.99. The van der Waals surface area contributed by atoms with E-state index in [4.69, 9.17) is 0 Å². The summed E-state index contributed by atoms with van der Waals surface area (Å²) >= 11 is 0. The van der Waals surface area contributed by atoms with Crippen LogP contribution in [0, 0.1) is 13.8 Å². The molecule has 26 heavy (non-hydrogen) atoms. The summed E-state index contributed by atoms with van der Waals surface area (Å²) < 4.78 is 13.2. The SMILES string of the molecule is CCCC(=O)Nc1cc(C)c(S(=O)c2ccc(O)c(C(C)C)c2)c(C)c1. The zero-order valence-corrected chi connectivity index (χ0v) is 16.9. The first-order valence-corrected chi connectivity index (χ1v) is 10.0. The van der Waals surface area contributed by atoms with Crippen molar-refractivity contribution in [3.05, 3.63) is 47.0 Å². The molecule has 0 aliphatic rings. The van der Waals surface area contributed by atoms with Crippen LogP contribution < -0.4 is 5.32 Å². The highest BCUT2D eigenvalue weighted by atomic mass is 32.2. The van der Waals surface area contributed by atoms with E-state index in [0.29, 0.717) is 11.3 Å². The number of phenolic OH excluding ortho intramolecular Hbond substituents is 1. The number of carbonyl (C=O) groups is 1. The van der Waals surface area contributed by atoms with Crippen molar-refractivity contribution in [1.82, 2.24) is 0 Å². The number of rotatable bonds is 6. The maximum atomic E-state index is 13.2. The van der Waals surface area contributed by atoms with Gasteiger partial charge in [0.2, 0.25) is 5.91 Å². The zero-order chi connectivity index (χ0) is 19.4. The third kappa shape index (κ3) is 4.52. The minimum absolute atomic E-state index is 0.0136. The third-order valence-electron chi connectivity index (χ3n) is 4.24. The molecule has 1 unspecified atom stereocenters. The minimum atomic E-state index is -1.35. The minimum Gasteiger partial charge on any atom is -0.508 e. The first-order valence-electron chi connectivity index (χ1n) is 8.90. The smallest absolute Gasteiger partial charge is 0.224 e. The Morgan fingerprint density at radius 3 is 2.31 bits per heavy atom. The van der Waals surface area contributed by atoms with Crippen molar-refractivity contribution < 1.29 is 14.1 Å². The van der Waals surface area contributed by atoms with Gasteiger partial charge in [-0.3, -0.25) is 4.79 Å². The second-order valence-electron chi connectivity index (χ2n) is 6.88. The Hall–Kier alpha value is -2.14. The Bertz CT molecular complexity index is 820. The van der Waals surface area contributed by atoms with Gasteiger partial charge in [0.1, 0.15) is 5.75 Å². The highest BCUT2D eigenvalue weighted by molar-refractivity contribution is 7.85. The van der Waals surface area contributed by atoms with E-state index in [-0.39, 0.29) is 17.6 Å². The van der Waals surface area contributed by atoms with Gasteiger partial charge >= 0.3 is 0 Å². The van der Waals surface area contributed by atoms with Crippen molar-refractivity contribution in [2.24, 2.45) is 0 Å². The molecule has 140 valence electrons. The van der Waals surface area contributed by atoms with Gasteiger partial charge < -0.3 is 10.4 Å². The summed E-state index contributed by atoms with van der Waals surface area (Å²) in [6.45, 7) is 9.75. The van der Waals surface area contributed by atoms with Gasteiger partial charge in [-0.15, -0.1) is 0 Å². The van der Waals surface area contributed by atoms with E-state index >= 15 is 0 Å². The molecule has 0 aliphatic heterocycles. The Morgan fingerprint density at radius 1 is 1.15 bits per heavy atom. The first-order chi connectivity index (χ1) is 12.2. The van der Waals surface area contributed by atoms with Crippen molar-refractivity contribution >= 4 is 22.4 Å². The molecule has 2 N–H and O–H groups in total. The molecule has 5 heteroatoms. The average molecular weight is 374 g/mol. The van der Waals surface area contributed by atoms with E-state index in [1.54, 1.807) is 12.1 Å². The van der Waals surface area contributed by atoms with Gasteiger partial charge in [0.05, 0.1) is 10.8 Å². The molecule has 2 aromatic rings. The number of aromatic hydroxyl groups is 1. The number of carbonyl (C=O) groups excluding carboxylic acids is 1. The molecule has 0 aliphatic carbocycles. The van der Waals surface area contributed by atoms with E-state index in [0.717, 1.165) is 33.7 Å². The van der Waals surface area contributed by atoms with Crippen molar-refractivity contribution in [3.63, 3.8) is 0 Å². The van der Waals surface area contributed by atoms with Gasteiger partial charge in [0.25, 0.3) is 0 Å². The van der Waals surface area contributed by atoms with Gasteiger partial charge in [-0.2, -0.15) is 0 Å². The topological polar surface area (TPSA) is 66.4 Å². The van der Waals surface area contributed by atoms with Crippen molar-refractivity contribution in [2.45, 2.75) is 63.2 Å². The van der Waals surface area contributed by atoms with Crippen LogP contribution in [0.2, 0.25) is 0 Å². The molecule has 0 bridgehead atoms. The van der Waals surface area contributed by atoms with E-state index in [2.05, 4.69) is 5.32 Å². The number of anilines is 1. The van der Waals surface area contributed by atoms with Gasteiger partial charge in [0, 0.05) is 21.9 Å².